The summed E-state index contributed by atoms with van der Waals surface area (Å²) in [6.07, 6.45) is 0. The first kappa shape index (κ1) is 10.7. The molecule has 2 nitrogen and oxygen atoms in total. The first-order chi connectivity index (χ1) is 7.75. The molecule has 1 N–H and O–H groups in total. The molecule has 0 unspecified atom stereocenters. The van der Waals surface area contributed by atoms with Crippen molar-refractivity contribution in [1.82, 2.24) is 0 Å². The standard InChI is InChI=1S/C13H10ClNO/c14-10-5-4-6-11(9-10)15-12-7-2-1-3-8-13(12)16/h1-9H,(H,15,16). The molecule has 0 aliphatic heterocycles. The van der Waals surface area contributed by atoms with Crippen LogP contribution in [0.4, 0.5) is 11.4 Å². The van der Waals surface area contributed by atoms with E-state index in [2.05, 4.69) is 5.32 Å². The summed E-state index contributed by atoms with van der Waals surface area (Å²) in [4.78, 5) is 11.6. The highest BCUT2D eigenvalue weighted by molar-refractivity contribution is 6.30. The van der Waals surface area contributed by atoms with E-state index in [0.717, 1.165) is 5.69 Å². The van der Waals surface area contributed by atoms with Gasteiger partial charge in [-0.05, 0) is 30.3 Å². The molecule has 3 heteroatoms. The Balaban J connectivity index is 2.35. The Bertz CT molecular complexity index is 554. The second kappa shape index (κ2) is 4.81. The molecule has 0 heterocycles. The number of benzene rings is 1. The van der Waals surface area contributed by atoms with Gasteiger partial charge in [-0.1, -0.05) is 35.9 Å². The first-order valence-electron chi connectivity index (χ1n) is 4.88. The van der Waals surface area contributed by atoms with E-state index in [0.29, 0.717) is 10.7 Å². The number of hydrogen-bond acceptors (Lipinski definition) is 2. The molecule has 0 saturated carbocycles. The Morgan fingerprint density at radius 1 is 0.938 bits per heavy atom. The third kappa shape index (κ3) is 2.61. The van der Waals surface area contributed by atoms with Crippen LogP contribution in [0.3, 0.4) is 0 Å². The van der Waals surface area contributed by atoms with Crippen LogP contribution in [0.1, 0.15) is 0 Å². The lowest BCUT2D eigenvalue weighted by molar-refractivity contribution is 1.53. The van der Waals surface area contributed by atoms with Crippen molar-refractivity contribution in [2.75, 3.05) is 5.32 Å². The van der Waals surface area contributed by atoms with Gasteiger partial charge in [0, 0.05) is 10.7 Å². The number of hydrogen-bond donors (Lipinski definition) is 1. The van der Waals surface area contributed by atoms with Gasteiger partial charge in [-0.2, -0.15) is 0 Å². The maximum Gasteiger partial charge on any atom is 0.201 e. The second-order valence-corrected chi connectivity index (χ2v) is 3.76. The Morgan fingerprint density at radius 2 is 1.75 bits per heavy atom. The smallest absolute Gasteiger partial charge is 0.201 e. The van der Waals surface area contributed by atoms with E-state index in [1.807, 2.05) is 24.3 Å². The van der Waals surface area contributed by atoms with Gasteiger partial charge in [-0.3, -0.25) is 4.79 Å². The van der Waals surface area contributed by atoms with Crippen LogP contribution in [0.25, 0.3) is 0 Å². The van der Waals surface area contributed by atoms with E-state index in [1.165, 1.54) is 6.07 Å². The van der Waals surface area contributed by atoms with Crippen molar-refractivity contribution in [2.24, 2.45) is 0 Å². The minimum Gasteiger partial charge on any atom is -0.352 e. The summed E-state index contributed by atoms with van der Waals surface area (Å²) in [5.41, 5.74) is 1.29. The molecule has 0 fully saturated rings. The summed E-state index contributed by atoms with van der Waals surface area (Å²) in [7, 11) is 0. The lowest BCUT2D eigenvalue weighted by Crippen LogP contribution is -2.03. The lowest BCUT2D eigenvalue weighted by Gasteiger charge is -2.03. The maximum absolute atomic E-state index is 11.6. The van der Waals surface area contributed by atoms with Crippen molar-refractivity contribution in [3.8, 4) is 0 Å². The van der Waals surface area contributed by atoms with Gasteiger partial charge in [0.05, 0.1) is 5.69 Å². The van der Waals surface area contributed by atoms with Gasteiger partial charge in [-0.15, -0.1) is 0 Å². The number of halogens is 1. The minimum atomic E-state index is -0.0509. The molecule has 2 rings (SSSR count). The summed E-state index contributed by atoms with van der Waals surface area (Å²) in [6, 6.07) is 15.8. The van der Waals surface area contributed by atoms with Gasteiger partial charge in [0.1, 0.15) is 0 Å². The van der Waals surface area contributed by atoms with E-state index in [1.54, 1.807) is 24.3 Å². The number of rotatable bonds is 2. The molecule has 0 atom stereocenters. The summed E-state index contributed by atoms with van der Waals surface area (Å²) in [5, 5.41) is 3.67. The normalized spacial score (nSPS) is 9.81. The topological polar surface area (TPSA) is 29.1 Å². The summed E-state index contributed by atoms with van der Waals surface area (Å²) in [5.74, 6) is 0. The van der Waals surface area contributed by atoms with Gasteiger partial charge in [-0.25, -0.2) is 0 Å². The lowest BCUT2D eigenvalue weighted by atomic mass is 10.3. The average Bonchev–Trinajstić information content (AvgIpc) is 2.45. The summed E-state index contributed by atoms with van der Waals surface area (Å²) >= 11 is 5.86. The van der Waals surface area contributed by atoms with Crippen molar-refractivity contribution >= 4 is 23.0 Å². The molecule has 2 aromatic carbocycles. The average molecular weight is 232 g/mol. The van der Waals surface area contributed by atoms with Crippen LogP contribution in [-0.2, 0) is 0 Å². The Kier molecular flexibility index (Phi) is 3.22. The minimum absolute atomic E-state index is 0.0509. The molecular weight excluding hydrogens is 222 g/mol. The van der Waals surface area contributed by atoms with Crippen LogP contribution < -0.4 is 10.7 Å². The predicted octanol–water partition coefficient (Wildman–Crippen LogP) is 3.44. The quantitative estimate of drug-likeness (QED) is 0.858. The molecule has 0 bridgehead atoms. The van der Waals surface area contributed by atoms with Crippen molar-refractivity contribution in [3.05, 3.63) is 69.8 Å². The van der Waals surface area contributed by atoms with Crippen LogP contribution in [0, 0.1) is 0 Å². The van der Waals surface area contributed by atoms with E-state index in [4.69, 9.17) is 11.6 Å². The molecule has 0 spiro atoms. The second-order valence-electron chi connectivity index (χ2n) is 3.32. The van der Waals surface area contributed by atoms with Crippen LogP contribution in [0.5, 0.6) is 0 Å². The Hall–Kier alpha value is -1.80. The van der Waals surface area contributed by atoms with Crippen molar-refractivity contribution in [3.63, 3.8) is 0 Å². The molecule has 0 aliphatic rings. The third-order valence-corrected chi connectivity index (χ3v) is 2.34. The summed E-state index contributed by atoms with van der Waals surface area (Å²) in [6.45, 7) is 0. The zero-order valence-corrected chi connectivity index (χ0v) is 9.24. The molecule has 0 radical (unpaired) electrons. The van der Waals surface area contributed by atoms with Gasteiger partial charge < -0.3 is 5.32 Å². The van der Waals surface area contributed by atoms with E-state index in [-0.39, 0.29) is 5.43 Å². The van der Waals surface area contributed by atoms with E-state index >= 15 is 0 Å². The van der Waals surface area contributed by atoms with Crippen LogP contribution in [0.15, 0.2) is 59.4 Å². The predicted molar refractivity (Wildman–Crippen MR) is 67.4 cm³/mol. The van der Waals surface area contributed by atoms with Gasteiger partial charge in [0.25, 0.3) is 0 Å². The molecule has 16 heavy (non-hydrogen) atoms. The zero-order valence-electron chi connectivity index (χ0n) is 8.48. The van der Waals surface area contributed by atoms with Crippen LogP contribution in [0.2, 0.25) is 5.02 Å². The van der Waals surface area contributed by atoms with Crippen LogP contribution >= 0.6 is 11.6 Å². The highest BCUT2D eigenvalue weighted by Gasteiger charge is 1.97. The van der Waals surface area contributed by atoms with Gasteiger partial charge >= 0.3 is 0 Å². The fraction of sp³-hybridized carbons (Fsp3) is 0. The molecule has 0 aromatic heterocycles. The summed E-state index contributed by atoms with van der Waals surface area (Å²) < 4.78 is 0. The van der Waals surface area contributed by atoms with Crippen molar-refractivity contribution in [1.29, 1.82) is 0 Å². The molecule has 0 aliphatic carbocycles. The zero-order chi connectivity index (χ0) is 11.4. The van der Waals surface area contributed by atoms with E-state index < -0.39 is 0 Å². The van der Waals surface area contributed by atoms with Crippen molar-refractivity contribution in [2.45, 2.75) is 0 Å². The molecule has 80 valence electrons. The fourth-order valence-corrected chi connectivity index (χ4v) is 1.55. The largest absolute Gasteiger partial charge is 0.352 e. The maximum atomic E-state index is 11.6. The Morgan fingerprint density at radius 3 is 2.56 bits per heavy atom. The SMILES string of the molecule is O=c1cccccc1Nc1cccc(Cl)c1. The van der Waals surface area contributed by atoms with Gasteiger partial charge in [0.15, 0.2) is 0 Å². The van der Waals surface area contributed by atoms with Gasteiger partial charge in [0.2, 0.25) is 5.43 Å². The molecule has 0 amide bonds. The highest BCUT2D eigenvalue weighted by atomic mass is 35.5. The first-order valence-corrected chi connectivity index (χ1v) is 5.25. The highest BCUT2D eigenvalue weighted by Crippen LogP contribution is 2.17. The molecular formula is C13H10ClNO. The monoisotopic (exact) mass is 231 g/mol. The van der Waals surface area contributed by atoms with E-state index in [9.17, 15) is 4.79 Å². The molecule has 2 aromatic rings. The number of anilines is 2. The molecule has 0 saturated heterocycles. The third-order valence-electron chi connectivity index (χ3n) is 2.10. The van der Waals surface area contributed by atoms with Crippen LogP contribution in [-0.4, -0.2) is 0 Å². The number of nitrogens with one attached hydrogen (secondary N) is 1. The van der Waals surface area contributed by atoms with Crippen molar-refractivity contribution < 1.29 is 0 Å². The Labute approximate surface area is 98.5 Å². The fourth-order valence-electron chi connectivity index (χ4n) is 1.36.